The summed E-state index contributed by atoms with van der Waals surface area (Å²) >= 11 is 21.6. The van der Waals surface area contributed by atoms with Gasteiger partial charge in [0.05, 0.1) is 14.8 Å². The number of hydrogen-bond donors (Lipinski definition) is 1. The van der Waals surface area contributed by atoms with Crippen LogP contribution in [0.5, 0.6) is 0 Å². The minimum absolute atomic E-state index is 0. The quantitative estimate of drug-likeness (QED) is 0.0278. The number of ether oxygens (including phenoxy) is 3. The topological polar surface area (TPSA) is 255 Å². The van der Waals surface area contributed by atoms with Crippen LogP contribution >= 0.6 is 162 Å². The summed E-state index contributed by atoms with van der Waals surface area (Å²) in [6.45, 7) is 28.3. The molecule has 0 aromatic heterocycles. The third-order valence-electron chi connectivity index (χ3n) is 11.3. The van der Waals surface area contributed by atoms with Crippen molar-refractivity contribution in [3.63, 3.8) is 0 Å². The van der Waals surface area contributed by atoms with E-state index in [0.717, 1.165) is 103 Å². The second-order valence-corrected chi connectivity index (χ2v) is 63.6. The van der Waals surface area contributed by atoms with E-state index in [4.69, 9.17) is 30.9 Å². The molecule has 4 saturated heterocycles. The van der Waals surface area contributed by atoms with Crippen molar-refractivity contribution in [3.8, 4) is 0 Å². The third kappa shape index (κ3) is 68.5. The second kappa shape index (κ2) is 58.6. The summed E-state index contributed by atoms with van der Waals surface area (Å²) in [5.41, 5.74) is -1.72. The Morgan fingerprint density at radius 3 is 1.16 bits per heavy atom. The Balaban J connectivity index is -0.000000173. The van der Waals surface area contributed by atoms with E-state index in [1.54, 1.807) is 62.3 Å². The predicted molar refractivity (Wildman–Crippen MR) is 407 cm³/mol. The van der Waals surface area contributed by atoms with Crippen LogP contribution < -0.4 is 5.11 Å². The van der Waals surface area contributed by atoms with Crippen molar-refractivity contribution in [2.75, 3.05) is 92.8 Å². The number of carbonyl (C=O) groups is 10. The molecule has 0 saturated carbocycles. The molecule has 87 heavy (non-hydrogen) atoms. The summed E-state index contributed by atoms with van der Waals surface area (Å²) in [4.78, 5) is 124. The molecule has 4 aliphatic heterocycles. The molecular weight excluding hydrogens is 1980 g/mol. The summed E-state index contributed by atoms with van der Waals surface area (Å²) in [6, 6.07) is 0. The Morgan fingerprint density at radius 1 is 0.575 bits per heavy atom. The van der Waals surface area contributed by atoms with Gasteiger partial charge in [0.1, 0.15) is 40.6 Å². The fraction of sp³-hybridized carbons (Fsp3) is 0.797. The molecule has 0 aromatic rings. The number of halogens is 8. The van der Waals surface area contributed by atoms with Crippen molar-refractivity contribution in [2.24, 2.45) is 29.6 Å². The van der Waals surface area contributed by atoms with Gasteiger partial charge in [-0.15, -0.1) is 5.76 Å². The average Bonchev–Trinajstić information content (AvgIpc) is 3.56. The number of rotatable bonds is 12. The van der Waals surface area contributed by atoms with Gasteiger partial charge >= 0.3 is 88.7 Å². The molecule has 19 nitrogen and oxygen atoms in total. The van der Waals surface area contributed by atoms with Gasteiger partial charge in [0.25, 0.3) is 0 Å². The molecule has 0 aliphatic carbocycles. The van der Waals surface area contributed by atoms with Gasteiger partial charge in [0, 0.05) is 50.0 Å². The minimum atomic E-state index is -1.27. The van der Waals surface area contributed by atoms with Gasteiger partial charge < -0.3 is 44.0 Å². The molecule has 0 amide bonds. The molecule has 4 fully saturated rings. The number of aliphatic carboxylic acids is 1. The van der Waals surface area contributed by atoms with E-state index < -0.39 is 52.4 Å². The van der Waals surface area contributed by atoms with Crippen LogP contribution in [-0.2, 0) is 67.1 Å². The summed E-state index contributed by atoms with van der Waals surface area (Å²) < 4.78 is 16.1. The Morgan fingerprint density at radius 2 is 0.885 bits per heavy atom. The number of Topliss-reactive ketones (excluding diaryl/α,β-unsaturated/α-hetero) is 5. The van der Waals surface area contributed by atoms with Gasteiger partial charge in [-0.1, -0.05) is 105 Å². The monoisotopic (exact) mass is 2090 g/mol. The number of hydrogen-bond acceptors (Lipinski definition) is 18. The molecule has 0 bridgehead atoms. The van der Waals surface area contributed by atoms with E-state index >= 15 is 0 Å². The van der Waals surface area contributed by atoms with Gasteiger partial charge in [0.2, 0.25) is 5.24 Å². The molecule has 5 atom stereocenters. The predicted octanol–water partition coefficient (Wildman–Crippen LogP) is 12.9. The zero-order chi connectivity index (χ0) is 68.9. The normalized spacial score (nSPS) is 19.0. The zero-order valence-corrected chi connectivity index (χ0v) is 71.6. The van der Waals surface area contributed by atoms with Gasteiger partial charge in [0.15, 0.2) is 17.5 Å². The number of allylic oxidation sites excluding steroid dienone is 1. The number of likely N-dealkylation sites (tertiary alicyclic amines) is 4. The zero-order valence-electron chi connectivity index (χ0n) is 54.3. The maximum absolute atomic E-state index is 12.5. The van der Waals surface area contributed by atoms with Gasteiger partial charge in [-0.2, -0.15) is 0 Å². The van der Waals surface area contributed by atoms with E-state index in [9.17, 15) is 53.1 Å². The Labute approximate surface area is 621 Å². The molecule has 5 unspecified atom stereocenters. The second-order valence-electron chi connectivity index (χ2n) is 23.4. The molecule has 4 aliphatic rings. The van der Waals surface area contributed by atoms with E-state index in [-0.39, 0.29) is 83.0 Å². The number of carbonyl (C=O) groups excluding carboxylic acids is 9. The number of alkyl halides is 4. The van der Waals surface area contributed by atoms with Crippen LogP contribution in [0.3, 0.4) is 0 Å². The van der Waals surface area contributed by atoms with Crippen LogP contribution in [-0.4, -0.2) is 192 Å². The molecule has 4 rings (SSSR count). The van der Waals surface area contributed by atoms with E-state index in [1.165, 1.54) is 30.1 Å². The van der Waals surface area contributed by atoms with Crippen molar-refractivity contribution in [2.45, 2.75) is 178 Å². The van der Waals surface area contributed by atoms with Crippen LogP contribution in [0, 0.1) is 29.6 Å². The Kier molecular flexibility index (Phi) is 68.6. The summed E-state index contributed by atoms with van der Waals surface area (Å²) in [5, 5.41) is 18.8. The average molecular weight is 2090 g/mol. The third-order valence-corrected chi connectivity index (χ3v) is 11.6. The van der Waals surface area contributed by atoms with Crippen LogP contribution in [0.2, 0.25) is 0 Å². The number of nitrogens with zero attached hydrogens (tertiary/aromatic N) is 4. The Hall–Kier alpha value is 1.26. The van der Waals surface area contributed by atoms with Crippen LogP contribution in [0.1, 0.15) is 162 Å². The number of ketones is 5. The van der Waals surface area contributed by atoms with E-state index in [2.05, 4.69) is 170 Å². The fourth-order valence-corrected chi connectivity index (χ4v) is 8.27. The standard InChI is InChI=1S/C15H25NO4.C10H17NO2.2C8H14O3.C7H12ClNO.C7H13NO2.CH2I2.2CH3I.CH4.3HI.V/c1-10(17)12(14(19)20-15(2,3)4)13(18)11-7-6-8-16(5)9-11;1-8(12)6-10(13)9-4-3-5-11(2)7-9;2*1-6(9)5-7(10)11-8(2,3)4;1-9-4-2-3-6(5-9)7(8)10;1-8-4-2-3-6(5-8)7(9)10;2-1-3;2*1-2;;;;;/h11-12H,6-9H2,1-5H3;9H,3-7H2,1-2H3;5H2,1-4H3;5,9H,1-4H3;6H,2-5H2,1H3;6H,2-5H2,1H3,(H,9,10);1H2;2*1H3;1H4;3*1H;/q;;;;;;;;;;;;;+3/p-4/b;;;6-5-;;;;;;;;;;. The van der Waals surface area contributed by atoms with Crippen molar-refractivity contribution in [3.05, 3.63) is 11.8 Å². The van der Waals surface area contributed by atoms with Crippen molar-refractivity contribution in [1.82, 2.24) is 19.6 Å². The van der Waals surface area contributed by atoms with Crippen LogP contribution in [0.25, 0.3) is 0 Å². The number of carboxylic acid groups (broad SMARTS) is 1. The summed E-state index contributed by atoms with van der Waals surface area (Å²) in [6.07, 6.45) is 8.53. The van der Waals surface area contributed by atoms with Gasteiger partial charge in [-0.05, 0) is 210 Å². The number of carboxylic acids is 1. The first kappa shape index (κ1) is 102. The SMILES string of the molecule is C.C/C([O-])=C/C(=O)OC(C)(C)C.CC(=O)C(C(=O)OC(C)(C)C)C(=O)C1CCCN(C)C1.CC(=O)CC(=O)C1CCCN(C)C1.CC(=O)CC(=O)OC(C)(C)C.CI.CI.CN1CCCC(C(=O)Cl)C1.CN1CCCC(C(=O)O)C1.ICI.[I][V]([I])[I]. The first-order chi connectivity index (χ1) is 39.4. The molecule has 0 radical (unpaired) electrons. The molecule has 514 valence electrons. The first-order valence-electron chi connectivity index (χ1n) is 27.8. The summed E-state index contributed by atoms with van der Waals surface area (Å²) in [7, 11) is 7.95. The van der Waals surface area contributed by atoms with Gasteiger partial charge in [-0.3, -0.25) is 43.2 Å². The molecular formula is C59H106ClI7N4O15V-. The number of esters is 3. The van der Waals surface area contributed by atoms with Crippen LogP contribution in [0.4, 0.5) is 0 Å². The maximum atomic E-state index is 12.5. The van der Waals surface area contributed by atoms with Crippen molar-refractivity contribution in [1.29, 1.82) is 0 Å². The first-order valence-corrected chi connectivity index (χ1v) is 49.0. The molecule has 28 heteroatoms. The Bertz CT molecular complexity index is 1970. The molecule has 0 aromatic carbocycles. The van der Waals surface area contributed by atoms with E-state index in [0.29, 0.717) is 6.54 Å². The molecule has 4 heterocycles. The molecule has 1 N–H and O–H groups in total. The summed E-state index contributed by atoms with van der Waals surface area (Å²) in [5.74, 6) is -4.95. The number of piperidine rings is 4. The van der Waals surface area contributed by atoms with Crippen molar-refractivity contribution < 1.29 is 77.3 Å². The fourth-order valence-electron chi connectivity index (χ4n) is 8.09. The van der Waals surface area contributed by atoms with Crippen molar-refractivity contribution >= 4 is 220 Å². The molecule has 0 spiro atoms. The van der Waals surface area contributed by atoms with Gasteiger partial charge in [-0.25, -0.2) is 4.79 Å². The van der Waals surface area contributed by atoms with E-state index in [1.807, 2.05) is 38.1 Å². The van der Waals surface area contributed by atoms with Crippen LogP contribution in [0.15, 0.2) is 11.8 Å².